The van der Waals surface area contributed by atoms with Gasteiger partial charge in [0.1, 0.15) is 0 Å². The second-order valence-corrected chi connectivity index (χ2v) is 3.26. The topological polar surface area (TPSA) is 54.9 Å². The molecule has 1 aromatic heterocycles. The highest BCUT2D eigenvalue weighted by atomic mass is 35.5. The van der Waals surface area contributed by atoms with Crippen molar-refractivity contribution in [2.24, 2.45) is 0 Å². The van der Waals surface area contributed by atoms with Crippen molar-refractivity contribution in [3.05, 3.63) is 29.2 Å². The Kier molecular flexibility index (Phi) is 3.59. The molecule has 0 aliphatic rings. The van der Waals surface area contributed by atoms with Crippen LogP contribution in [0.3, 0.4) is 0 Å². The quantitative estimate of drug-likeness (QED) is 0.762. The van der Waals surface area contributed by atoms with E-state index in [2.05, 4.69) is 15.3 Å². The number of anilines is 1. The molecule has 0 fully saturated rings. The third-order valence-electron chi connectivity index (χ3n) is 1.31. The number of carbonyl (C=O) groups excluding carboxylic acids is 1. The molecule has 74 valence electrons. The normalized spacial score (nSPS) is 9.36. The molecule has 5 heteroatoms. The average Bonchev–Trinajstić information content (AvgIpc) is 2.07. The Hall–Kier alpha value is -1.42. The van der Waals surface area contributed by atoms with Crippen molar-refractivity contribution in [1.29, 1.82) is 0 Å². The van der Waals surface area contributed by atoms with Gasteiger partial charge in [-0.1, -0.05) is 17.2 Å². The summed E-state index contributed by atoms with van der Waals surface area (Å²) in [5.41, 5.74) is 0.905. The van der Waals surface area contributed by atoms with Gasteiger partial charge in [-0.2, -0.15) is 0 Å². The number of hydrogen-bond donors (Lipinski definition) is 1. The number of allylic oxidation sites excluding steroid dienone is 1. The van der Waals surface area contributed by atoms with E-state index in [1.807, 2.05) is 13.8 Å². The maximum atomic E-state index is 11.3. The highest BCUT2D eigenvalue weighted by molar-refractivity contribution is 6.32. The summed E-state index contributed by atoms with van der Waals surface area (Å²) in [6.45, 7) is 3.66. The predicted octanol–water partition coefficient (Wildman–Crippen LogP) is 2.03. The van der Waals surface area contributed by atoms with Crippen molar-refractivity contribution >= 4 is 23.3 Å². The number of halogens is 1. The summed E-state index contributed by atoms with van der Waals surface area (Å²) in [6.07, 6.45) is 4.38. The lowest BCUT2D eigenvalue weighted by atomic mass is 10.3. The fourth-order valence-corrected chi connectivity index (χ4v) is 0.972. The van der Waals surface area contributed by atoms with E-state index in [0.29, 0.717) is 0 Å². The van der Waals surface area contributed by atoms with Gasteiger partial charge in [0.05, 0.1) is 0 Å². The van der Waals surface area contributed by atoms with Gasteiger partial charge in [-0.25, -0.2) is 9.97 Å². The van der Waals surface area contributed by atoms with Crippen LogP contribution in [0.2, 0.25) is 5.15 Å². The molecule has 1 heterocycles. The second kappa shape index (κ2) is 4.72. The smallest absolute Gasteiger partial charge is 0.249 e. The molecule has 1 amide bonds. The van der Waals surface area contributed by atoms with E-state index in [1.54, 1.807) is 0 Å². The molecule has 0 radical (unpaired) electrons. The molecule has 0 unspecified atom stereocenters. The first-order chi connectivity index (χ1) is 6.59. The molecule has 4 nitrogen and oxygen atoms in total. The van der Waals surface area contributed by atoms with E-state index in [1.165, 1.54) is 18.5 Å². The minimum absolute atomic E-state index is 0.183. The molecule has 0 aliphatic heterocycles. The molecule has 0 aliphatic carbocycles. The summed E-state index contributed by atoms with van der Waals surface area (Å²) < 4.78 is 0. The van der Waals surface area contributed by atoms with E-state index in [0.717, 1.165) is 5.57 Å². The summed E-state index contributed by atoms with van der Waals surface area (Å²) >= 11 is 5.70. The van der Waals surface area contributed by atoms with Crippen molar-refractivity contribution < 1.29 is 4.79 Å². The molecule has 0 spiro atoms. The Bertz CT molecular complexity index is 372. The molecule has 0 aromatic carbocycles. The number of hydrogen-bond acceptors (Lipinski definition) is 3. The highest BCUT2D eigenvalue weighted by Crippen LogP contribution is 2.13. The van der Waals surface area contributed by atoms with E-state index in [4.69, 9.17) is 11.6 Å². The molecule has 0 atom stereocenters. The van der Waals surface area contributed by atoms with Crippen LogP contribution in [0.1, 0.15) is 13.8 Å². The van der Waals surface area contributed by atoms with E-state index < -0.39 is 0 Å². The Morgan fingerprint density at radius 1 is 1.43 bits per heavy atom. The van der Waals surface area contributed by atoms with Gasteiger partial charge >= 0.3 is 0 Å². The van der Waals surface area contributed by atoms with Gasteiger partial charge < -0.3 is 5.32 Å². The molecular weight excluding hydrogens is 202 g/mol. The van der Waals surface area contributed by atoms with Crippen molar-refractivity contribution in [1.82, 2.24) is 9.97 Å². The van der Waals surface area contributed by atoms with Gasteiger partial charge in [-0.15, -0.1) is 0 Å². The Balaban J connectivity index is 2.75. The van der Waals surface area contributed by atoms with Gasteiger partial charge in [-0.05, 0) is 13.8 Å². The summed E-state index contributed by atoms with van der Waals surface area (Å²) in [5, 5.41) is 2.70. The molecule has 1 rings (SSSR count). The monoisotopic (exact) mass is 211 g/mol. The van der Waals surface area contributed by atoms with Crippen LogP contribution in [0.25, 0.3) is 0 Å². The van der Waals surface area contributed by atoms with Gasteiger partial charge in [0.15, 0.2) is 11.0 Å². The highest BCUT2D eigenvalue weighted by Gasteiger charge is 2.04. The Labute approximate surface area is 87.0 Å². The number of carbonyl (C=O) groups is 1. The van der Waals surface area contributed by atoms with Gasteiger partial charge in [0, 0.05) is 18.5 Å². The molecule has 0 bridgehead atoms. The lowest BCUT2D eigenvalue weighted by molar-refractivity contribution is -0.112. The van der Waals surface area contributed by atoms with Crippen LogP contribution in [0, 0.1) is 0 Å². The van der Waals surface area contributed by atoms with Crippen molar-refractivity contribution in [2.75, 3.05) is 5.32 Å². The minimum Gasteiger partial charge on any atom is -0.304 e. The average molecular weight is 212 g/mol. The first kappa shape index (κ1) is 10.7. The molecule has 1 aromatic rings. The zero-order valence-electron chi connectivity index (χ0n) is 7.91. The van der Waals surface area contributed by atoms with Gasteiger partial charge in [-0.3, -0.25) is 4.79 Å². The third-order valence-corrected chi connectivity index (χ3v) is 1.59. The van der Waals surface area contributed by atoms with Crippen LogP contribution < -0.4 is 5.32 Å². The fraction of sp³-hybridized carbons (Fsp3) is 0.222. The maximum absolute atomic E-state index is 11.3. The molecule has 1 N–H and O–H groups in total. The van der Waals surface area contributed by atoms with Gasteiger partial charge in [0.2, 0.25) is 5.91 Å². The lowest BCUT2D eigenvalue weighted by Gasteiger charge is -2.01. The van der Waals surface area contributed by atoms with Crippen LogP contribution in [-0.2, 0) is 4.79 Å². The van der Waals surface area contributed by atoms with Crippen LogP contribution in [0.15, 0.2) is 24.0 Å². The number of aromatic nitrogens is 2. The van der Waals surface area contributed by atoms with E-state index in [-0.39, 0.29) is 16.9 Å². The van der Waals surface area contributed by atoms with Crippen LogP contribution >= 0.6 is 11.6 Å². The van der Waals surface area contributed by atoms with Crippen molar-refractivity contribution in [3.63, 3.8) is 0 Å². The van der Waals surface area contributed by atoms with Crippen LogP contribution in [0.4, 0.5) is 5.82 Å². The first-order valence-electron chi connectivity index (χ1n) is 4.02. The van der Waals surface area contributed by atoms with Crippen LogP contribution in [-0.4, -0.2) is 15.9 Å². The van der Waals surface area contributed by atoms with Crippen LogP contribution in [0.5, 0.6) is 0 Å². The predicted molar refractivity (Wildman–Crippen MR) is 55.1 cm³/mol. The lowest BCUT2D eigenvalue weighted by Crippen LogP contribution is -2.10. The standard InChI is InChI=1S/C9H10ClN3O/c1-6(2)5-7(14)13-9-8(10)11-3-4-12-9/h3-5H,1-2H3,(H,12,13,14). The summed E-state index contributed by atoms with van der Waals surface area (Å²) in [7, 11) is 0. The Morgan fingerprint density at radius 2 is 2.07 bits per heavy atom. The zero-order valence-corrected chi connectivity index (χ0v) is 8.67. The maximum Gasteiger partial charge on any atom is 0.249 e. The summed E-state index contributed by atoms with van der Waals surface area (Å²) in [6, 6.07) is 0. The summed E-state index contributed by atoms with van der Waals surface area (Å²) in [4.78, 5) is 18.9. The number of rotatable bonds is 2. The molecule has 14 heavy (non-hydrogen) atoms. The van der Waals surface area contributed by atoms with E-state index >= 15 is 0 Å². The number of nitrogens with one attached hydrogen (secondary N) is 1. The fourth-order valence-electron chi connectivity index (χ4n) is 0.820. The minimum atomic E-state index is -0.257. The largest absolute Gasteiger partial charge is 0.304 e. The second-order valence-electron chi connectivity index (χ2n) is 2.91. The molecular formula is C9H10ClN3O. The third kappa shape index (κ3) is 3.14. The van der Waals surface area contributed by atoms with Crippen molar-refractivity contribution in [3.8, 4) is 0 Å². The van der Waals surface area contributed by atoms with Gasteiger partial charge in [0.25, 0.3) is 0 Å². The molecule has 0 saturated heterocycles. The Morgan fingerprint density at radius 3 is 2.64 bits per heavy atom. The number of amides is 1. The number of nitrogens with zero attached hydrogens (tertiary/aromatic N) is 2. The molecule has 0 saturated carbocycles. The first-order valence-corrected chi connectivity index (χ1v) is 4.40. The zero-order chi connectivity index (χ0) is 10.6. The van der Waals surface area contributed by atoms with Crippen molar-refractivity contribution in [2.45, 2.75) is 13.8 Å². The summed E-state index contributed by atoms with van der Waals surface area (Å²) in [5.74, 6) is 0.0177. The SMILES string of the molecule is CC(C)=CC(=O)Nc1nccnc1Cl. The van der Waals surface area contributed by atoms with E-state index in [9.17, 15) is 4.79 Å².